The number of rotatable bonds is 1. The second-order valence-corrected chi connectivity index (χ2v) is 6.08. The summed E-state index contributed by atoms with van der Waals surface area (Å²) in [5.74, 6) is -0.274. The lowest BCUT2D eigenvalue weighted by atomic mass is 10.2. The summed E-state index contributed by atoms with van der Waals surface area (Å²) in [5.41, 5.74) is 0.416. The Kier molecular flexibility index (Phi) is 5.64. The number of benzene rings is 1. The van der Waals surface area contributed by atoms with Gasteiger partial charge >= 0.3 is 0 Å². The van der Waals surface area contributed by atoms with Gasteiger partial charge in [-0.1, -0.05) is 36.0 Å². The molecule has 1 amide bonds. The largest absolute Gasteiger partial charge is 0.349 e. The van der Waals surface area contributed by atoms with E-state index in [1.165, 1.54) is 12.8 Å². The van der Waals surface area contributed by atoms with E-state index in [1.54, 1.807) is 18.2 Å². The molecule has 2 rings (SSSR count). The van der Waals surface area contributed by atoms with Crippen LogP contribution in [0.15, 0.2) is 18.2 Å². The topological polar surface area (TPSA) is 32.3 Å². The molecule has 1 aromatic carbocycles. The van der Waals surface area contributed by atoms with Gasteiger partial charge in [0.1, 0.15) is 0 Å². The number of hydrogen-bond donors (Lipinski definition) is 1. The first-order chi connectivity index (χ1) is 9.56. The lowest BCUT2D eigenvalue weighted by Gasteiger charge is -2.23. The predicted molar refractivity (Wildman–Crippen MR) is 86.6 cm³/mol. The third-order valence-electron chi connectivity index (χ3n) is 3.24. The second-order valence-electron chi connectivity index (χ2n) is 4.82. The van der Waals surface area contributed by atoms with E-state index in [0.717, 1.165) is 25.9 Å². The second kappa shape index (κ2) is 7.25. The molecule has 1 saturated heterocycles. The molecule has 1 aromatic rings. The highest BCUT2D eigenvalue weighted by Crippen LogP contribution is 2.19. The van der Waals surface area contributed by atoms with Gasteiger partial charge in [-0.3, -0.25) is 10.1 Å². The number of carbonyl (C=O) groups is 1. The molecule has 1 aliphatic heterocycles. The van der Waals surface area contributed by atoms with Gasteiger partial charge in [-0.2, -0.15) is 0 Å². The summed E-state index contributed by atoms with van der Waals surface area (Å²) in [6.07, 6.45) is 4.66. The van der Waals surface area contributed by atoms with Crippen LogP contribution in [0, 0.1) is 0 Å². The summed E-state index contributed by atoms with van der Waals surface area (Å²) >= 11 is 17.1. The van der Waals surface area contributed by atoms with Crippen LogP contribution in [0.2, 0.25) is 10.0 Å². The highest BCUT2D eigenvalue weighted by molar-refractivity contribution is 7.80. The summed E-state index contributed by atoms with van der Waals surface area (Å²) in [6, 6.07) is 4.74. The molecule has 0 unspecified atom stereocenters. The van der Waals surface area contributed by atoms with Crippen LogP contribution in [-0.4, -0.2) is 29.0 Å². The molecule has 1 fully saturated rings. The molecule has 0 spiro atoms. The van der Waals surface area contributed by atoms with E-state index in [4.69, 9.17) is 35.4 Å². The van der Waals surface area contributed by atoms with Crippen LogP contribution >= 0.6 is 35.4 Å². The Balaban J connectivity index is 2.01. The van der Waals surface area contributed by atoms with Crippen molar-refractivity contribution in [2.45, 2.75) is 25.7 Å². The first-order valence-corrected chi connectivity index (χ1v) is 7.79. The third kappa shape index (κ3) is 4.33. The summed E-state index contributed by atoms with van der Waals surface area (Å²) in [5, 5.41) is 4.10. The summed E-state index contributed by atoms with van der Waals surface area (Å²) in [6.45, 7) is 1.80. The number of nitrogens with one attached hydrogen (secondary N) is 1. The summed E-state index contributed by atoms with van der Waals surface area (Å²) in [4.78, 5) is 14.2. The quantitative estimate of drug-likeness (QED) is 0.793. The first kappa shape index (κ1) is 15.5. The molecule has 1 aliphatic rings. The van der Waals surface area contributed by atoms with E-state index < -0.39 is 0 Å². The minimum Gasteiger partial charge on any atom is -0.349 e. The molecule has 0 aliphatic carbocycles. The molecule has 20 heavy (non-hydrogen) atoms. The maximum atomic E-state index is 12.1. The summed E-state index contributed by atoms with van der Waals surface area (Å²) in [7, 11) is 0. The Morgan fingerprint density at radius 2 is 1.60 bits per heavy atom. The van der Waals surface area contributed by atoms with E-state index in [2.05, 4.69) is 5.32 Å². The van der Waals surface area contributed by atoms with Crippen molar-refractivity contribution in [1.29, 1.82) is 0 Å². The van der Waals surface area contributed by atoms with Gasteiger partial charge in [0.05, 0.1) is 0 Å². The SMILES string of the molecule is O=C(NC(=S)N1CCCCCC1)c1cc(Cl)cc(Cl)c1. The van der Waals surface area contributed by atoms with Crippen LogP contribution < -0.4 is 5.32 Å². The van der Waals surface area contributed by atoms with Crippen molar-refractivity contribution in [2.75, 3.05) is 13.1 Å². The van der Waals surface area contributed by atoms with Crippen molar-refractivity contribution in [1.82, 2.24) is 10.2 Å². The van der Waals surface area contributed by atoms with E-state index in [1.807, 2.05) is 4.90 Å². The van der Waals surface area contributed by atoms with Crippen LogP contribution in [0.1, 0.15) is 36.0 Å². The third-order valence-corrected chi connectivity index (χ3v) is 4.04. The standard InChI is InChI=1S/C14H16Cl2N2OS/c15-11-7-10(8-12(16)9-11)13(19)17-14(20)18-5-3-1-2-4-6-18/h7-9H,1-6H2,(H,17,19,20). The van der Waals surface area contributed by atoms with Crippen molar-refractivity contribution in [3.05, 3.63) is 33.8 Å². The number of halogens is 2. The minimum atomic E-state index is -0.274. The van der Waals surface area contributed by atoms with Crippen LogP contribution in [0.4, 0.5) is 0 Å². The van der Waals surface area contributed by atoms with Gasteiger partial charge in [0, 0.05) is 28.7 Å². The predicted octanol–water partition coefficient (Wildman–Crippen LogP) is 3.88. The van der Waals surface area contributed by atoms with Crippen LogP contribution in [0.25, 0.3) is 0 Å². The number of hydrogen-bond acceptors (Lipinski definition) is 2. The molecule has 1 N–H and O–H groups in total. The van der Waals surface area contributed by atoms with Crippen molar-refractivity contribution < 1.29 is 4.79 Å². The van der Waals surface area contributed by atoms with Crippen molar-refractivity contribution in [3.8, 4) is 0 Å². The van der Waals surface area contributed by atoms with Gasteiger partial charge in [0.25, 0.3) is 5.91 Å². The summed E-state index contributed by atoms with van der Waals surface area (Å²) < 4.78 is 0. The minimum absolute atomic E-state index is 0.274. The van der Waals surface area contributed by atoms with Gasteiger partial charge in [-0.05, 0) is 43.3 Å². The molecule has 3 nitrogen and oxygen atoms in total. The average Bonchev–Trinajstić information content (AvgIpc) is 2.66. The van der Waals surface area contributed by atoms with Crippen molar-refractivity contribution in [2.24, 2.45) is 0 Å². The fourth-order valence-corrected chi connectivity index (χ4v) is 3.01. The van der Waals surface area contributed by atoms with Gasteiger partial charge in [0.15, 0.2) is 5.11 Å². The van der Waals surface area contributed by atoms with Gasteiger partial charge in [-0.15, -0.1) is 0 Å². The normalized spacial score (nSPS) is 15.6. The fourth-order valence-electron chi connectivity index (χ4n) is 2.21. The highest BCUT2D eigenvalue weighted by atomic mass is 35.5. The Morgan fingerprint density at radius 3 is 2.15 bits per heavy atom. The Bertz CT molecular complexity index is 494. The highest BCUT2D eigenvalue weighted by Gasteiger charge is 2.16. The van der Waals surface area contributed by atoms with Crippen molar-refractivity contribution >= 4 is 46.4 Å². The van der Waals surface area contributed by atoms with Gasteiger partial charge in [-0.25, -0.2) is 0 Å². The monoisotopic (exact) mass is 330 g/mol. The fraction of sp³-hybridized carbons (Fsp3) is 0.429. The zero-order valence-corrected chi connectivity index (χ0v) is 13.3. The first-order valence-electron chi connectivity index (χ1n) is 6.62. The molecule has 108 valence electrons. The molecule has 0 saturated carbocycles. The van der Waals surface area contributed by atoms with Crippen LogP contribution in [0.3, 0.4) is 0 Å². The van der Waals surface area contributed by atoms with E-state index >= 15 is 0 Å². The van der Waals surface area contributed by atoms with E-state index in [0.29, 0.717) is 20.7 Å². The molecule has 0 atom stereocenters. The smallest absolute Gasteiger partial charge is 0.257 e. The van der Waals surface area contributed by atoms with E-state index in [9.17, 15) is 4.79 Å². The molecule has 0 bridgehead atoms. The maximum Gasteiger partial charge on any atom is 0.257 e. The maximum absolute atomic E-state index is 12.1. The molecule has 6 heteroatoms. The van der Waals surface area contributed by atoms with Crippen molar-refractivity contribution in [3.63, 3.8) is 0 Å². The zero-order chi connectivity index (χ0) is 14.5. The molecule has 1 heterocycles. The van der Waals surface area contributed by atoms with Crippen LogP contribution in [0.5, 0.6) is 0 Å². The van der Waals surface area contributed by atoms with Gasteiger partial charge in [0.2, 0.25) is 0 Å². The number of nitrogens with zero attached hydrogens (tertiary/aromatic N) is 1. The van der Waals surface area contributed by atoms with Crippen LogP contribution in [-0.2, 0) is 0 Å². The number of carbonyl (C=O) groups excluding carboxylic acids is 1. The zero-order valence-electron chi connectivity index (χ0n) is 11.0. The lowest BCUT2D eigenvalue weighted by Crippen LogP contribution is -2.43. The lowest BCUT2D eigenvalue weighted by molar-refractivity contribution is 0.0973. The van der Waals surface area contributed by atoms with Gasteiger partial charge < -0.3 is 4.90 Å². The Labute approximate surface area is 134 Å². The number of likely N-dealkylation sites (tertiary alicyclic amines) is 1. The number of amides is 1. The number of thiocarbonyl (C=S) groups is 1. The molecule has 0 aromatic heterocycles. The molecular formula is C14H16Cl2N2OS. The molecule has 0 radical (unpaired) electrons. The average molecular weight is 331 g/mol. The van der Waals surface area contributed by atoms with E-state index in [-0.39, 0.29) is 5.91 Å². The molecular weight excluding hydrogens is 315 g/mol. The Hall–Kier alpha value is -0.840. The Morgan fingerprint density at radius 1 is 1.05 bits per heavy atom.